The molecule has 0 radical (unpaired) electrons. The van der Waals surface area contributed by atoms with Crippen molar-refractivity contribution in [1.82, 2.24) is 14.7 Å². The molecule has 2 aromatic carbocycles. The van der Waals surface area contributed by atoms with Crippen LogP contribution in [0.3, 0.4) is 0 Å². The third kappa shape index (κ3) is 4.04. The summed E-state index contributed by atoms with van der Waals surface area (Å²) in [6, 6.07) is 11.4. The zero-order valence-electron chi connectivity index (χ0n) is 16.3. The van der Waals surface area contributed by atoms with Gasteiger partial charge in [0.25, 0.3) is 0 Å². The molecule has 0 bridgehead atoms. The lowest BCUT2D eigenvalue weighted by Crippen LogP contribution is -2.42. The van der Waals surface area contributed by atoms with Crippen LogP contribution in [0.25, 0.3) is 0 Å². The zero-order valence-corrected chi connectivity index (χ0v) is 17.1. The maximum atomic E-state index is 14.0. The molecule has 7 nitrogen and oxygen atoms in total. The first-order chi connectivity index (χ1) is 14.2. The molecular weight excluding hydrogens is 413 g/mol. The van der Waals surface area contributed by atoms with E-state index in [9.17, 15) is 23.6 Å². The molecule has 156 valence electrons. The summed E-state index contributed by atoms with van der Waals surface area (Å²) in [6.07, 6.45) is 0. The van der Waals surface area contributed by atoms with Gasteiger partial charge in [0, 0.05) is 24.2 Å². The van der Waals surface area contributed by atoms with Gasteiger partial charge in [-0.3, -0.25) is 14.4 Å². The normalized spacial score (nSPS) is 15.0. The van der Waals surface area contributed by atoms with Crippen molar-refractivity contribution in [2.24, 2.45) is 0 Å². The van der Waals surface area contributed by atoms with Gasteiger partial charge in [0.15, 0.2) is 0 Å². The molecule has 0 aromatic heterocycles. The van der Waals surface area contributed by atoms with Crippen molar-refractivity contribution >= 4 is 35.4 Å². The Morgan fingerprint density at radius 2 is 1.73 bits per heavy atom. The largest absolute Gasteiger partial charge is 0.340 e. The van der Waals surface area contributed by atoms with Crippen molar-refractivity contribution in [2.75, 3.05) is 13.6 Å². The summed E-state index contributed by atoms with van der Waals surface area (Å²) in [6.45, 7) is 0.832. The van der Waals surface area contributed by atoms with Gasteiger partial charge in [-0.05, 0) is 24.6 Å². The number of hydrogen-bond donors (Lipinski definition) is 0. The average Bonchev–Trinajstić information content (AvgIpc) is 2.94. The highest BCUT2D eigenvalue weighted by Crippen LogP contribution is 2.26. The Labute approximate surface area is 177 Å². The van der Waals surface area contributed by atoms with E-state index in [-0.39, 0.29) is 17.1 Å². The Balaban J connectivity index is 1.73. The van der Waals surface area contributed by atoms with Crippen LogP contribution in [0.2, 0.25) is 5.02 Å². The van der Waals surface area contributed by atoms with Gasteiger partial charge in [0.2, 0.25) is 5.91 Å². The molecule has 9 heteroatoms. The smallest absolute Gasteiger partial charge is 0.335 e. The second kappa shape index (κ2) is 8.62. The quantitative estimate of drug-likeness (QED) is 0.520. The predicted molar refractivity (Wildman–Crippen MR) is 107 cm³/mol. The van der Waals surface area contributed by atoms with E-state index in [1.54, 1.807) is 37.3 Å². The standard InChI is InChI=1S/C21H19ClFN3O4/c1-13(14-7-4-3-5-8-14)26-20(29)19(28)25(21(26)30)12-18(27)24(2)11-15-16(22)9-6-10-17(15)23/h3-10,13H,11-12H2,1-2H3/t13-/m0/s1. The molecule has 3 rings (SSSR count). The number of carbonyl (C=O) groups excluding carboxylic acids is 4. The van der Waals surface area contributed by atoms with Crippen molar-refractivity contribution in [3.63, 3.8) is 0 Å². The minimum Gasteiger partial charge on any atom is -0.340 e. The van der Waals surface area contributed by atoms with Gasteiger partial charge in [0.1, 0.15) is 12.4 Å². The number of benzene rings is 2. The monoisotopic (exact) mass is 431 g/mol. The fraction of sp³-hybridized carbons (Fsp3) is 0.238. The number of rotatable bonds is 6. The lowest BCUT2D eigenvalue weighted by molar-refractivity contribution is -0.145. The van der Waals surface area contributed by atoms with E-state index in [0.717, 1.165) is 9.80 Å². The summed E-state index contributed by atoms with van der Waals surface area (Å²) in [5.74, 6) is -3.29. The molecular formula is C21H19ClFN3O4. The van der Waals surface area contributed by atoms with Crippen LogP contribution in [0.1, 0.15) is 24.1 Å². The number of urea groups is 1. The minimum absolute atomic E-state index is 0.115. The second-order valence-corrected chi connectivity index (χ2v) is 7.29. The van der Waals surface area contributed by atoms with Gasteiger partial charge < -0.3 is 4.90 Å². The molecule has 0 saturated carbocycles. The summed E-state index contributed by atoms with van der Waals surface area (Å²) in [4.78, 5) is 52.6. The number of nitrogens with zero attached hydrogens (tertiary/aromatic N) is 3. The van der Waals surface area contributed by atoms with E-state index in [0.29, 0.717) is 10.5 Å². The number of carbonyl (C=O) groups is 4. The van der Waals surface area contributed by atoms with Crippen molar-refractivity contribution in [3.8, 4) is 0 Å². The molecule has 5 amide bonds. The molecule has 2 aromatic rings. The van der Waals surface area contributed by atoms with E-state index in [4.69, 9.17) is 11.6 Å². The highest BCUT2D eigenvalue weighted by atomic mass is 35.5. The maximum absolute atomic E-state index is 14.0. The molecule has 1 heterocycles. The minimum atomic E-state index is -1.08. The fourth-order valence-electron chi connectivity index (χ4n) is 3.15. The van der Waals surface area contributed by atoms with Crippen LogP contribution in [-0.2, 0) is 20.9 Å². The van der Waals surface area contributed by atoms with Gasteiger partial charge in [-0.1, -0.05) is 48.0 Å². The Kier molecular flexibility index (Phi) is 6.17. The Hall–Kier alpha value is -3.26. The average molecular weight is 432 g/mol. The van der Waals surface area contributed by atoms with Crippen LogP contribution in [0, 0.1) is 5.82 Å². The van der Waals surface area contributed by atoms with Crippen LogP contribution < -0.4 is 0 Å². The summed E-state index contributed by atoms with van der Waals surface area (Å²) in [7, 11) is 1.39. The van der Waals surface area contributed by atoms with Crippen molar-refractivity contribution in [1.29, 1.82) is 0 Å². The number of likely N-dealkylation sites (N-methyl/N-ethyl adjacent to an activating group) is 1. The summed E-state index contributed by atoms with van der Waals surface area (Å²) < 4.78 is 14.0. The first-order valence-corrected chi connectivity index (χ1v) is 9.51. The Morgan fingerprint density at radius 3 is 2.37 bits per heavy atom. The second-order valence-electron chi connectivity index (χ2n) is 6.89. The summed E-state index contributed by atoms with van der Waals surface area (Å²) >= 11 is 5.98. The molecule has 0 unspecified atom stereocenters. The first-order valence-electron chi connectivity index (χ1n) is 9.13. The lowest BCUT2D eigenvalue weighted by atomic mass is 10.1. The van der Waals surface area contributed by atoms with Crippen LogP contribution in [0.5, 0.6) is 0 Å². The molecule has 1 fully saturated rings. The van der Waals surface area contributed by atoms with Gasteiger partial charge in [-0.2, -0.15) is 0 Å². The first kappa shape index (κ1) is 21.4. The third-order valence-corrected chi connectivity index (χ3v) is 5.28. The van der Waals surface area contributed by atoms with Crippen LogP contribution in [-0.4, -0.2) is 52.0 Å². The molecule has 1 aliphatic heterocycles. The van der Waals surface area contributed by atoms with Crippen LogP contribution >= 0.6 is 11.6 Å². The number of imide groups is 2. The van der Waals surface area contributed by atoms with Gasteiger partial charge in [0.05, 0.1) is 6.04 Å². The van der Waals surface area contributed by atoms with Crippen molar-refractivity contribution in [3.05, 3.63) is 70.5 Å². The molecule has 0 spiro atoms. The number of halogens is 2. The SMILES string of the molecule is C[C@@H](c1ccccc1)N1C(=O)C(=O)N(CC(=O)N(C)Cc2c(F)cccc2Cl)C1=O. The summed E-state index contributed by atoms with van der Waals surface area (Å²) in [5, 5.41) is 0.154. The molecule has 1 saturated heterocycles. The Bertz CT molecular complexity index is 994. The van der Waals surface area contributed by atoms with E-state index >= 15 is 0 Å². The highest BCUT2D eigenvalue weighted by molar-refractivity contribution is 6.45. The number of hydrogen-bond acceptors (Lipinski definition) is 4. The third-order valence-electron chi connectivity index (χ3n) is 4.93. The van der Waals surface area contributed by atoms with Gasteiger partial charge >= 0.3 is 17.8 Å². The number of amides is 5. The predicted octanol–water partition coefficient (Wildman–Crippen LogP) is 2.99. The van der Waals surface area contributed by atoms with Crippen molar-refractivity contribution < 1.29 is 23.6 Å². The van der Waals surface area contributed by atoms with E-state index in [1.165, 1.54) is 25.2 Å². The highest BCUT2D eigenvalue weighted by Gasteiger charge is 2.47. The van der Waals surface area contributed by atoms with E-state index in [2.05, 4.69) is 0 Å². The molecule has 0 aliphatic carbocycles. The van der Waals surface area contributed by atoms with Gasteiger partial charge in [-0.25, -0.2) is 19.0 Å². The van der Waals surface area contributed by atoms with Crippen LogP contribution in [0.15, 0.2) is 48.5 Å². The Morgan fingerprint density at radius 1 is 1.07 bits per heavy atom. The fourth-order valence-corrected chi connectivity index (χ4v) is 3.37. The van der Waals surface area contributed by atoms with Gasteiger partial charge in [-0.15, -0.1) is 0 Å². The maximum Gasteiger partial charge on any atom is 0.335 e. The van der Waals surface area contributed by atoms with Crippen molar-refractivity contribution in [2.45, 2.75) is 19.5 Å². The van der Waals surface area contributed by atoms with E-state index in [1.807, 2.05) is 0 Å². The topological polar surface area (TPSA) is 78.0 Å². The molecule has 1 atom stereocenters. The zero-order chi connectivity index (χ0) is 22.0. The van der Waals surface area contributed by atoms with Crippen LogP contribution in [0.4, 0.5) is 9.18 Å². The molecule has 1 aliphatic rings. The molecule has 30 heavy (non-hydrogen) atoms. The summed E-state index contributed by atoms with van der Waals surface area (Å²) in [5.41, 5.74) is 0.788. The molecule has 0 N–H and O–H groups in total. The lowest BCUT2D eigenvalue weighted by Gasteiger charge is -2.23. The van der Waals surface area contributed by atoms with E-state index < -0.39 is 42.2 Å².